The molecule has 0 fully saturated rings. The first-order chi connectivity index (χ1) is 5.31. The highest BCUT2D eigenvalue weighted by atomic mass is 32.2. The lowest BCUT2D eigenvalue weighted by Gasteiger charge is -2.04. The van der Waals surface area contributed by atoms with Crippen molar-refractivity contribution >= 4 is 10.1 Å². The van der Waals surface area contributed by atoms with Crippen molar-refractivity contribution in [3.8, 4) is 12.3 Å². The Morgan fingerprint density at radius 1 is 1.42 bits per heavy atom. The van der Waals surface area contributed by atoms with Gasteiger partial charge >= 0.3 is 15.6 Å². The number of hydrogen-bond acceptors (Lipinski definition) is 3. The van der Waals surface area contributed by atoms with Gasteiger partial charge in [-0.2, -0.15) is 21.6 Å². The van der Waals surface area contributed by atoms with Crippen molar-refractivity contribution in [3.05, 3.63) is 12.3 Å². The van der Waals surface area contributed by atoms with Crippen LogP contribution in [0.25, 0.3) is 0 Å². The van der Waals surface area contributed by atoms with Crippen molar-refractivity contribution in [2.45, 2.75) is 5.51 Å². The van der Waals surface area contributed by atoms with Crippen molar-refractivity contribution in [2.24, 2.45) is 0 Å². The molecule has 68 valence electrons. The summed E-state index contributed by atoms with van der Waals surface area (Å²) in [5.74, 6) is 1.75. The Morgan fingerprint density at radius 2 is 1.92 bits per heavy atom. The van der Waals surface area contributed by atoms with Gasteiger partial charge in [-0.05, 0) is 0 Å². The Bertz CT molecular complexity index is 306. The summed E-state index contributed by atoms with van der Waals surface area (Å²) in [5, 5.41) is 0. The number of rotatable bonds is 2. The lowest BCUT2D eigenvalue weighted by Crippen LogP contribution is -2.23. The van der Waals surface area contributed by atoms with Gasteiger partial charge < -0.3 is 4.18 Å². The fraction of sp³-hybridized carbons (Fsp3) is 0.200. The van der Waals surface area contributed by atoms with E-state index in [2.05, 4.69) is 10.6 Å². The van der Waals surface area contributed by atoms with Gasteiger partial charge in [0.05, 0.1) is 0 Å². The molecular weight excluding hydrogens is 197 g/mol. The zero-order valence-corrected chi connectivity index (χ0v) is 6.32. The standard InChI is InChI=1S/C5H3F3O3S/c1-2-3-4-11-12(9,10)5(6,7)8/h1,3-4H. The van der Waals surface area contributed by atoms with Crippen LogP contribution in [0.1, 0.15) is 0 Å². The third-order valence-electron chi connectivity index (χ3n) is 0.630. The molecule has 3 nitrogen and oxygen atoms in total. The van der Waals surface area contributed by atoms with Crippen LogP contribution in [0.5, 0.6) is 0 Å². The minimum Gasteiger partial charge on any atom is -0.383 e. The van der Waals surface area contributed by atoms with E-state index in [0.29, 0.717) is 6.08 Å². The van der Waals surface area contributed by atoms with Crippen molar-refractivity contribution in [2.75, 3.05) is 0 Å². The average Bonchev–Trinajstić information content (AvgIpc) is 1.85. The van der Waals surface area contributed by atoms with E-state index < -0.39 is 15.6 Å². The van der Waals surface area contributed by atoms with E-state index >= 15 is 0 Å². The molecule has 0 aromatic rings. The second-order valence-electron chi connectivity index (χ2n) is 1.47. The SMILES string of the molecule is C#CC=COS(=O)(=O)C(F)(F)F. The van der Waals surface area contributed by atoms with Gasteiger partial charge in [0, 0.05) is 6.08 Å². The number of terminal acetylenes is 1. The molecule has 0 radical (unpaired) electrons. The minimum absolute atomic E-state index is 0.267. The summed E-state index contributed by atoms with van der Waals surface area (Å²) in [6.45, 7) is 0. The molecule has 0 aliphatic rings. The van der Waals surface area contributed by atoms with E-state index in [1.165, 1.54) is 0 Å². The molecule has 0 N–H and O–H groups in total. The second kappa shape index (κ2) is 3.49. The van der Waals surface area contributed by atoms with Gasteiger partial charge in [-0.1, -0.05) is 5.92 Å². The van der Waals surface area contributed by atoms with Crippen molar-refractivity contribution in [1.29, 1.82) is 0 Å². The lowest BCUT2D eigenvalue weighted by atomic mass is 10.7. The van der Waals surface area contributed by atoms with Crippen LogP contribution in [-0.4, -0.2) is 13.9 Å². The van der Waals surface area contributed by atoms with E-state index in [4.69, 9.17) is 0 Å². The van der Waals surface area contributed by atoms with Crippen LogP contribution >= 0.6 is 0 Å². The molecule has 12 heavy (non-hydrogen) atoms. The van der Waals surface area contributed by atoms with Crippen LogP contribution in [-0.2, 0) is 14.3 Å². The van der Waals surface area contributed by atoms with Crippen molar-refractivity contribution in [3.63, 3.8) is 0 Å². The first-order valence-electron chi connectivity index (χ1n) is 2.42. The second-order valence-corrected chi connectivity index (χ2v) is 3.03. The maximum atomic E-state index is 11.5. The van der Waals surface area contributed by atoms with E-state index in [9.17, 15) is 21.6 Å². The van der Waals surface area contributed by atoms with Crippen LogP contribution in [0.2, 0.25) is 0 Å². The average molecular weight is 200 g/mol. The molecule has 0 saturated carbocycles. The summed E-state index contributed by atoms with van der Waals surface area (Å²) in [6.07, 6.45) is 5.52. The van der Waals surface area contributed by atoms with Gasteiger partial charge in [-0.15, -0.1) is 6.42 Å². The Balaban J connectivity index is 4.50. The smallest absolute Gasteiger partial charge is 0.383 e. The van der Waals surface area contributed by atoms with Gasteiger partial charge in [-0.3, -0.25) is 0 Å². The molecule has 0 atom stereocenters. The quantitative estimate of drug-likeness (QED) is 0.289. The van der Waals surface area contributed by atoms with E-state index in [1.54, 1.807) is 5.92 Å². The lowest BCUT2D eigenvalue weighted by molar-refractivity contribution is -0.0514. The van der Waals surface area contributed by atoms with Gasteiger partial charge in [0.1, 0.15) is 6.26 Å². The first kappa shape index (κ1) is 10.8. The predicted molar refractivity (Wildman–Crippen MR) is 34.0 cm³/mol. The molecule has 0 saturated heterocycles. The third kappa shape index (κ3) is 2.84. The number of allylic oxidation sites excluding steroid dienone is 1. The maximum absolute atomic E-state index is 11.5. The number of hydrogen-bond donors (Lipinski definition) is 0. The summed E-state index contributed by atoms with van der Waals surface area (Å²) in [4.78, 5) is 0. The summed E-state index contributed by atoms with van der Waals surface area (Å²) in [7, 11) is -5.55. The van der Waals surface area contributed by atoms with Crippen molar-refractivity contribution < 1.29 is 25.8 Å². The Hall–Kier alpha value is -1.16. The monoisotopic (exact) mass is 200 g/mol. The Morgan fingerprint density at radius 3 is 2.25 bits per heavy atom. The third-order valence-corrected chi connectivity index (χ3v) is 1.56. The molecule has 0 rings (SSSR count). The summed E-state index contributed by atoms with van der Waals surface area (Å²) in [6, 6.07) is 0. The molecule has 0 aliphatic heterocycles. The van der Waals surface area contributed by atoms with Crippen molar-refractivity contribution in [1.82, 2.24) is 0 Å². The molecule has 0 unspecified atom stereocenters. The topological polar surface area (TPSA) is 43.4 Å². The Kier molecular flexibility index (Phi) is 3.15. The van der Waals surface area contributed by atoms with E-state index in [0.717, 1.165) is 0 Å². The Labute approximate surface area is 67.0 Å². The van der Waals surface area contributed by atoms with Gasteiger partial charge in [0.2, 0.25) is 0 Å². The van der Waals surface area contributed by atoms with Crippen LogP contribution in [0.4, 0.5) is 13.2 Å². The van der Waals surface area contributed by atoms with Gasteiger partial charge in [0.15, 0.2) is 0 Å². The fourth-order valence-corrected chi connectivity index (χ4v) is 0.506. The number of alkyl halides is 3. The van der Waals surface area contributed by atoms with Crippen LogP contribution in [0.3, 0.4) is 0 Å². The zero-order valence-electron chi connectivity index (χ0n) is 5.50. The highest BCUT2D eigenvalue weighted by Crippen LogP contribution is 2.24. The van der Waals surface area contributed by atoms with Gasteiger partial charge in [0.25, 0.3) is 0 Å². The molecule has 0 aliphatic carbocycles. The highest BCUT2D eigenvalue weighted by Gasteiger charge is 2.47. The van der Waals surface area contributed by atoms with Crippen LogP contribution in [0.15, 0.2) is 12.3 Å². The fourth-order valence-electron chi connectivity index (χ4n) is 0.195. The first-order valence-corrected chi connectivity index (χ1v) is 3.83. The molecular formula is C5H3F3O3S. The van der Waals surface area contributed by atoms with Crippen LogP contribution in [0, 0.1) is 12.3 Å². The molecule has 0 spiro atoms. The summed E-state index contributed by atoms with van der Waals surface area (Å²) < 4.78 is 57.9. The molecule has 7 heteroatoms. The summed E-state index contributed by atoms with van der Waals surface area (Å²) in [5.41, 5.74) is -5.42. The normalized spacial score (nSPS) is 12.8. The highest BCUT2D eigenvalue weighted by molar-refractivity contribution is 7.87. The summed E-state index contributed by atoms with van der Waals surface area (Å²) >= 11 is 0. The van der Waals surface area contributed by atoms with Gasteiger partial charge in [-0.25, -0.2) is 0 Å². The minimum atomic E-state index is -5.55. The molecule has 0 bridgehead atoms. The molecule has 0 heterocycles. The van der Waals surface area contributed by atoms with E-state index in [1.807, 2.05) is 0 Å². The zero-order chi connectivity index (χ0) is 9.83. The molecule has 0 aromatic carbocycles. The number of halogens is 3. The largest absolute Gasteiger partial charge is 0.534 e. The van der Waals surface area contributed by atoms with E-state index in [-0.39, 0.29) is 6.26 Å². The van der Waals surface area contributed by atoms with Crippen LogP contribution < -0.4 is 0 Å². The molecule has 0 amide bonds. The maximum Gasteiger partial charge on any atom is 0.534 e. The molecule has 0 aromatic heterocycles. The predicted octanol–water partition coefficient (Wildman–Crippen LogP) is 1.000.